The van der Waals surface area contributed by atoms with Gasteiger partial charge in [-0.3, -0.25) is 4.79 Å². The quantitative estimate of drug-likeness (QED) is 0.479. The Balaban J connectivity index is 1.60. The molecule has 0 saturated heterocycles. The number of aromatic nitrogens is 3. The minimum absolute atomic E-state index is 0.149. The summed E-state index contributed by atoms with van der Waals surface area (Å²) in [5.41, 5.74) is 1.66. The van der Waals surface area contributed by atoms with E-state index in [0.717, 1.165) is 11.4 Å². The molecule has 0 aliphatic rings. The van der Waals surface area contributed by atoms with E-state index in [1.165, 1.54) is 28.2 Å². The molecule has 0 radical (unpaired) electrons. The van der Waals surface area contributed by atoms with Gasteiger partial charge in [0.2, 0.25) is 15.9 Å². The van der Waals surface area contributed by atoms with Crippen LogP contribution < -0.4 is 5.32 Å². The molecule has 0 unspecified atom stereocenters. The molecule has 0 aliphatic carbocycles. The molecule has 0 atom stereocenters. The Morgan fingerprint density at radius 1 is 1.09 bits per heavy atom. The van der Waals surface area contributed by atoms with Gasteiger partial charge >= 0.3 is 0 Å². The molecule has 0 aliphatic heterocycles. The predicted octanol–water partition coefficient (Wildman–Crippen LogP) is 3.39. The van der Waals surface area contributed by atoms with E-state index in [1.54, 1.807) is 19.2 Å². The highest BCUT2D eigenvalue weighted by Gasteiger charge is 2.23. The maximum atomic E-state index is 12.6. The SMILES string of the molecule is Cc1nnc(SCC(=O)Nc2ccc(S(=O)(=O)N(C)C(C)C)cc2)n1Cc1ccccc1. The van der Waals surface area contributed by atoms with Crippen LogP contribution in [0.2, 0.25) is 0 Å². The van der Waals surface area contributed by atoms with E-state index in [9.17, 15) is 13.2 Å². The summed E-state index contributed by atoms with van der Waals surface area (Å²) in [5.74, 6) is 0.722. The second-order valence-electron chi connectivity index (χ2n) is 7.58. The van der Waals surface area contributed by atoms with Crippen LogP contribution in [-0.2, 0) is 21.4 Å². The Bertz CT molecular complexity index is 1160. The summed E-state index contributed by atoms with van der Waals surface area (Å²) >= 11 is 1.30. The Labute approximate surface area is 193 Å². The lowest BCUT2D eigenvalue weighted by Crippen LogP contribution is -2.33. The zero-order chi connectivity index (χ0) is 23.3. The van der Waals surface area contributed by atoms with Gasteiger partial charge in [-0.05, 0) is 50.6 Å². The maximum Gasteiger partial charge on any atom is 0.243 e. The van der Waals surface area contributed by atoms with Crippen molar-refractivity contribution in [2.75, 3.05) is 18.1 Å². The van der Waals surface area contributed by atoms with Crippen LogP contribution in [0.1, 0.15) is 25.2 Å². The van der Waals surface area contributed by atoms with Crippen molar-refractivity contribution in [1.29, 1.82) is 0 Å². The smallest absolute Gasteiger partial charge is 0.243 e. The molecule has 1 N–H and O–H groups in total. The van der Waals surface area contributed by atoms with E-state index in [1.807, 2.05) is 55.7 Å². The molecular formula is C22H27N5O3S2. The van der Waals surface area contributed by atoms with Gasteiger partial charge < -0.3 is 9.88 Å². The van der Waals surface area contributed by atoms with Gasteiger partial charge in [-0.1, -0.05) is 42.1 Å². The number of rotatable bonds is 9. The highest BCUT2D eigenvalue weighted by molar-refractivity contribution is 7.99. The first-order valence-corrected chi connectivity index (χ1v) is 12.6. The maximum absolute atomic E-state index is 12.6. The van der Waals surface area contributed by atoms with E-state index >= 15 is 0 Å². The minimum Gasteiger partial charge on any atom is -0.325 e. The van der Waals surface area contributed by atoms with Crippen LogP contribution in [0, 0.1) is 6.92 Å². The Morgan fingerprint density at radius 3 is 2.38 bits per heavy atom. The number of sulfonamides is 1. The minimum atomic E-state index is -3.56. The fraction of sp³-hybridized carbons (Fsp3) is 0.318. The van der Waals surface area contributed by atoms with Crippen LogP contribution in [0.5, 0.6) is 0 Å². The first-order chi connectivity index (χ1) is 15.2. The molecule has 10 heteroatoms. The fourth-order valence-electron chi connectivity index (χ4n) is 2.90. The Kier molecular flexibility index (Phi) is 7.70. The number of carbonyl (C=O) groups excluding carboxylic acids is 1. The van der Waals surface area contributed by atoms with Crippen molar-refractivity contribution < 1.29 is 13.2 Å². The molecule has 1 amide bonds. The fourth-order valence-corrected chi connectivity index (χ4v) is 5.05. The average Bonchev–Trinajstić information content (AvgIpc) is 3.12. The van der Waals surface area contributed by atoms with Gasteiger partial charge in [-0.25, -0.2) is 8.42 Å². The van der Waals surface area contributed by atoms with Crippen LogP contribution in [0.25, 0.3) is 0 Å². The van der Waals surface area contributed by atoms with Gasteiger partial charge in [0.1, 0.15) is 5.82 Å². The van der Waals surface area contributed by atoms with E-state index < -0.39 is 10.0 Å². The second-order valence-corrected chi connectivity index (χ2v) is 10.5. The van der Waals surface area contributed by atoms with Crippen molar-refractivity contribution in [3.05, 3.63) is 66.0 Å². The van der Waals surface area contributed by atoms with Crippen molar-refractivity contribution in [2.45, 2.75) is 43.4 Å². The molecule has 3 aromatic rings. The second kappa shape index (κ2) is 10.3. The number of carbonyl (C=O) groups is 1. The molecule has 170 valence electrons. The van der Waals surface area contributed by atoms with E-state index in [2.05, 4.69) is 15.5 Å². The first-order valence-electron chi connectivity index (χ1n) is 10.1. The summed E-state index contributed by atoms with van der Waals surface area (Å²) in [7, 11) is -2.01. The molecule has 1 aromatic heterocycles. The van der Waals surface area contributed by atoms with Crippen LogP contribution in [0.15, 0.2) is 64.6 Å². The number of aryl methyl sites for hydroxylation is 1. The standard InChI is InChI=1S/C22H27N5O3S2/c1-16(2)26(4)32(29,30)20-12-10-19(11-13-20)23-21(28)15-31-22-25-24-17(3)27(22)14-18-8-6-5-7-9-18/h5-13,16H,14-15H2,1-4H3,(H,23,28). The van der Waals surface area contributed by atoms with E-state index in [0.29, 0.717) is 17.4 Å². The highest BCUT2D eigenvalue weighted by atomic mass is 32.2. The van der Waals surface area contributed by atoms with E-state index in [-0.39, 0.29) is 22.6 Å². The third-order valence-corrected chi connectivity index (χ3v) is 7.97. The Morgan fingerprint density at radius 2 is 1.75 bits per heavy atom. The summed E-state index contributed by atoms with van der Waals surface area (Å²) in [6.45, 7) is 6.13. The molecule has 0 fully saturated rings. The van der Waals surface area contributed by atoms with Gasteiger partial charge in [-0.2, -0.15) is 4.31 Å². The molecule has 0 spiro atoms. The van der Waals surface area contributed by atoms with Crippen molar-refractivity contribution in [2.24, 2.45) is 0 Å². The highest BCUT2D eigenvalue weighted by Crippen LogP contribution is 2.21. The van der Waals surface area contributed by atoms with Crippen molar-refractivity contribution in [3.63, 3.8) is 0 Å². The predicted molar refractivity (Wildman–Crippen MR) is 126 cm³/mol. The molecular weight excluding hydrogens is 446 g/mol. The van der Waals surface area contributed by atoms with Crippen molar-refractivity contribution in [1.82, 2.24) is 19.1 Å². The largest absolute Gasteiger partial charge is 0.325 e. The third-order valence-electron chi connectivity index (χ3n) is 4.96. The van der Waals surface area contributed by atoms with Crippen molar-refractivity contribution >= 4 is 33.4 Å². The summed E-state index contributed by atoms with van der Waals surface area (Å²) in [6.07, 6.45) is 0. The zero-order valence-corrected chi connectivity index (χ0v) is 20.2. The third kappa shape index (κ3) is 5.76. The number of anilines is 1. The lowest BCUT2D eigenvalue weighted by molar-refractivity contribution is -0.113. The normalized spacial score (nSPS) is 11.8. The average molecular weight is 474 g/mol. The van der Waals surface area contributed by atoms with Crippen molar-refractivity contribution in [3.8, 4) is 0 Å². The molecule has 0 bridgehead atoms. The lowest BCUT2D eigenvalue weighted by atomic mass is 10.2. The summed E-state index contributed by atoms with van der Waals surface area (Å²) < 4.78 is 28.4. The first kappa shape index (κ1) is 24.0. The van der Waals surface area contributed by atoms with Crippen LogP contribution in [0.4, 0.5) is 5.69 Å². The number of nitrogens with one attached hydrogen (secondary N) is 1. The monoisotopic (exact) mass is 473 g/mol. The van der Waals surface area contributed by atoms with Gasteiger partial charge in [0.25, 0.3) is 0 Å². The number of nitrogens with zero attached hydrogens (tertiary/aromatic N) is 4. The number of amides is 1. The van der Waals surface area contributed by atoms with E-state index in [4.69, 9.17) is 0 Å². The molecule has 1 heterocycles. The van der Waals surface area contributed by atoms with Gasteiger partial charge in [0, 0.05) is 18.8 Å². The van der Waals surface area contributed by atoms with Crippen LogP contribution in [-0.4, -0.2) is 52.2 Å². The molecule has 0 saturated carbocycles. The summed E-state index contributed by atoms with van der Waals surface area (Å²) in [6, 6.07) is 16.0. The van der Waals surface area contributed by atoms with Crippen LogP contribution in [0.3, 0.4) is 0 Å². The number of benzene rings is 2. The van der Waals surface area contributed by atoms with Gasteiger partial charge in [-0.15, -0.1) is 10.2 Å². The molecule has 8 nitrogen and oxygen atoms in total. The lowest BCUT2D eigenvalue weighted by Gasteiger charge is -2.21. The Hall–Kier alpha value is -2.69. The zero-order valence-electron chi connectivity index (χ0n) is 18.5. The number of thioether (sulfide) groups is 1. The molecule has 2 aromatic carbocycles. The number of hydrogen-bond acceptors (Lipinski definition) is 6. The molecule has 32 heavy (non-hydrogen) atoms. The summed E-state index contributed by atoms with van der Waals surface area (Å²) in [4.78, 5) is 12.6. The van der Waals surface area contributed by atoms with Gasteiger partial charge in [0.15, 0.2) is 5.16 Å². The summed E-state index contributed by atoms with van der Waals surface area (Å²) in [5, 5.41) is 11.8. The topological polar surface area (TPSA) is 97.2 Å². The number of hydrogen-bond donors (Lipinski definition) is 1. The van der Waals surface area contributed by atoms with Gasteiger partial charge in [0.05, 0.1) is 17.2 Å². The van der Waals surface area contributed by atoms with Crippen LogP contribution >= 0.6 is 11.8 Å². The molecule has 3 rings (SSSR count).